The second kappa shape index (κ2) is 6.94. The van der Waals surface area contributed by atoms with Crippen LogP contribution in [0, 0.1) is 13.8 Å². The lowest BCUT2D eigenvalue weighted by Gasteiger charge is -2.22. The number of benzene rings is 1. The number of rotatable bonds is 6. The molecule has 1 aromatic rings. The van der Waals surface area contributed by atoms with Gasteiger partial charge < -0.3 is 5.32 Å². The molecule has 0 aliphatic rings. The van der Waals surface area contributed by atoms with E-state index in [9.17, 15) is 13.2 Å². The van der Waals surface area contributed by atoms with Crippen molar-refractivity contribution >= 4 is 0 Å². The fourth-order valence-electron chi connectivity index (χ4n) is 2.15. The van der Waals surface area contributed by atoms with Gasteiger partial charge in [0, 0.05) is 12.5 Å². The van der Waals surface area contributed by atoms with Gasteiger partial charge in [-0.25, -0.2) is 0 Å². The maximum Gasteiger partial charge on any atom is 0.389 e. The van der Waals surface area contributed by atoms with E-state index in [1.807, 2.05) is 39.0 Å². The number of aryl methyl sites for hydroxylation is 1. The van der Waals surface area contributed by atoms with Crippen molar-refractivity contribution in [3.8, 4) is 0 Å². The topological polar surface area (TPSA) is 12.0 Å². The highest BCUT2D eigenvalue weighted by Crippen LogP contribution is 2.29. The third-order valence-electron chi connectivity index (χ3n) is 3.38. The summed E-state index contributed by atoms with van der Waals surface area (Å²) in [5.74, 6) is 0. The number of alkyl halides is 3. The molecule has 19 heavy (non-hydrogen) atoms. The van der Waals surface area contributed by atoms with Crippen LogP contribution < -0.4 is 5.32 Å². The number of nitrogens with one attached hydrogen (secondary N) is 1. The molecule has 1 nitrogen and oxygen atoms in total. The first-order valence-corrected chi connectivity index (χ1v) is 6.71. The predicted octanol–water partition coefficient (Wildman–Crippen LogP) is 4.69. The standard InChI is InChI=1S/C15H22F3N/c1-4-10-19-14(8-9-15(16,17)18)13-7-5-6-11(2)12(13)3/h5-7,14,19H,4,8-10H2,1-3H3. The molecule has 1 atom stereocenters. The Balaban J connectivity index is 2.86. The molecule has 0 saturated heterocycles. The molecule has 1 unspecified atom stereocenters. The summed E-state index contributed by atoms with van der Waals surface area (Å²) in [5.41, 5.74) is 3.18. The molecule has 0 fully saturated rings. The van der Waals surface area contributed by atoms with Gasteiger partial charge in [0.05, 0.1) is 0 Å². The monoisotopic (exact) mass is 273 g/mol. The molecule has 1 N–H and O–H groups in total. The average Bonchev–Trinajstić information content (AvgIpc) is 2.32. The molecule has 0 bridgehead atoms. The van der Waals surface area contributed by atoms with Crippen LogP contribution in [-0.4, -0.2) is 12.7 Å². The molecule has 4 heteroatoms. The second-order valence-corrected chi connectivity index (χ2v) is 4.95. The molecule has 1 aromatic carbocycles. The Morgan fingerprint density at radius 2 is 1.89 bits per heavy atom. The Hall–Kier alpha value is -1.03. The van der Waals surface area contributed by atoms with Crippen LogP contribution in [0.5, 0.6) is 0 Å². The maximum absolute atomic E-state index is 12.4. The van der Waals surface area contributed by atoms with Gasteiger partial charge >= 0.3 is 6.18 Å². The Bertz CT molecular complexity index is 399. The van der Waals surface area contributed by atoms with Gasteiger partial charge in [-0.2, -0.15) is 13.2 Å². The molecule has 0 aliphatic heterocycles. The highest BCUT2D eigenvalue weighted by molar-refractivity contribution is 5.35. The lowest BCUT2D eigenvalue weighted by Crippen LogP contribution is -2.25. The molecule has 108 valence electrons. The normalized spacial score (nSPS) is 13.6. The largest absolute Gasteiger partial charge is 0.389 e. The van der Waals surface area contributed by atoms with Crippen molar-refractivity contribution in [1.82, 2.24) is 5.32 Å². The molecule has 0 saturated carbocycles. The maximum atomic E-state index is 12.4. The summed E-state index contributed by atoms with van der Waals surface area (Å²) in [6, 6.07) is 5.60. The van der Waals surface area contributed by atoms with Crippen molar-refractivity contribution in [2.45, 2.75) is 52.3 Å². The van der Waals surface area contributed by atoms with E-state index in [-0.39, 0.29) is 12.5 Å². The van der Waals surface area contributed by atoms with Crippen molar-refractivity contribution in [3.63, 3.8) is 0 Å². The molecule has 0 heterocycles. The highest BCUT2D eigenvalue weighted by Gasteiger charge is 2.29. The molecular weight excluding hydrogens is 251 g/mol. The summed E-state index contributed by atoms with van der Waals surface area (Å²) in [5, 5.41) is 3.23. The van der Waals surface area contributed by atoms with Crippen LogP contribution in [-0.2, 0) is 0 Å². The molecule has 0 aliphatic carbocycles. The first-order valence-electron chi connectivity index (χ1n) is 6.71. The zero-order chi connectivity index (χ0) is 14.5. The first-order chi connectivity index (χ1) is 8.85. The Kier molecular flexibility index (Phi) is 5.85. The Labute approximate surface area is 113 Å². The number of halogens is 3. The van der Waals surface area contributed by atoms with Gasteiger partial charge in [-0.15, -0.1) is 0 Å². The molecule has 0 aromatic heterocycles. The van der Waals surface area contributed by atoms with Gasteiger partial charge in [-0.05, 0) is 49.9 Å². The lowest BCUT2D eigenvalue weighted by molar-refractivity contribution is -0.136. The van der Waals surface area contributed by atoms with Gasteiger partial charge in [-0.1, -0.05) is 25.1 Å². The summed E-state index contributed by atoms with van der Waals surface area (Å²) in [7, 11) is 0. The minimum absolute atomic E-state index is 0.0911. The molecule has 0 spiro atoms. The minimum Gasteiger partial charge on any atom is -0.310 e. The van der Waals surface area contributed by atoms with Crippen molar-refractivity contribution in [3.05, 3.63) is 34.9 Å². The van der Waals surface area contributed by atoms with E-state index in [0.29, 0.717) is 0 Å². The lowest BCUT2D eigenvalue weighted by atomic mass is 9.94. The van der Waals surface area contributed by atoms with Crippen molar-refractivity contribution < 1.29 is 13.2 Å². The third kappa shape index (κ3) is 5.23. The summed E-state index contributed by atoms with van der Waals surface area (Å²) in [6.07, 6.45) is -3.84. The fraction of sp³-hybridized carbons (Fsp3) is 0.600. The van der Waals surface area contributed by atoms with Crippen molar-refractivity contribution in [2.75, 3.05) is 6.54 Å². The van der Waals surface area contributed by atoms with Crippen LogP contribution in [0.25, 0.3) is 0 Å². The number of hydrogen-bond donors (Lipinski definition) is 1. The van der Waals surface area contributed by atoms with Gasteiger partial charge in [0.15, 0.2) is 0 Å². The molecule has 0 radical (unpaired) electrons. The van der Waals surface area contributed by atoms with E-state index in [1.165, 1.54) is 0 Å². The number of hydrogen-bond acceptors (Lipinski definition) is 1. The van der Waals surface area contributed by atoms with E-state index in [4.69, 9.17) is 0 Å². The van der Waals surface area contributed by atoms with Gasteiger partial charge in [0.2, 0.25) is 0 Å². The minimum atomic E-state index is -4.09. The van der Waals surface area contributed by atoms with Crippen molar-refractivity contribution in [1.29, 1.82) is 0 Å². The smallest absolute Gasteiger partial charge is 0.310 e. The summed E-state index contributed by atoms with van der Waals surface area (Å²) < 4.78 is 37.2. The van der Waals surface area contributed by atoms with Gasteiger partial charge in [0.25, 0.3) is 0 Å². The van der Waals surface area contributed by atoms with Crippen LogP contribution >= 0.6 is 0 Å². The van der Waals surface area contributed by atoms with E-state index in [1.54, 1.807) is 0 Å². The second-order valence-electron chi connectivity index (χ2n) is 4.95. The zero-order valence-corrected chi connectivity index (χ0v) is 11.8. The Morgan fingerprint density at radius 3 is 2.47 bits per heavy atom. The van der Waals surface area contributed by atoms with Crippen LogP contribution in [0.1, 0.15) is 48.9 Å². The van der Waals surface area contributed by atoms with E-state index in [2.05, 4.69) is 5.32 Å². The molecular formula is C15H22F3N. The average molecular weight is 273 g/mol. The summed E-state index contributed by atoms with van der Waals surface area (Å²) in [6.45, 7) is 6.70. The van der Waals surface area contributed by atoms with Crippen LogP contribution in [0.3, 0.4) is 0 Å². The van der Waals surface area contributed by atoms with Crippen LogP contribution in [0.4, 0.5) is 13.2 Å². The third-order valence-corrected chi connectivity index (χ3v) is 3.38. The highest BCUT2D eigenvalue weighted by atomic mass is 19.4. The van der Waals surface area contributed by atoms with E-state index >= 15 is 0 Å². The summed E-state index contributed by atoms with van der Waals surface area (Å²) >= 11 is 0. The van der Waals surface area contributed by atoms with Gasteiger partial charge in [-0.3, -0.25) is 0 Å². The fourth-order valence-corrected chi connectivity index (χ4v) is 2.15. The molecule has 1 rings (SSSR count). The van der Waals surface area contributed by atoms with Crippen LogP contribution in [0.15, 0.2) is 18.2 Å². The summed E-state index contributed by atoms with van der Waals surface area (Å²) in [4.78, 5) is 0. The Morgan fingerprint density at radius 1 is 1.21 bits per heavy atom. The van der Waals surface area contributed by atoms with Gasteiger partial charge in [0.1, 0.15) is 0 Å². The predicted molar refractivity (Wildman–Crippen MR) is 72.2 cm³/mol. The zero-order valence-electron chi connectivity index (χ0n) is 11.8. The SMILES string of the molecule is CCCNC(CCC(F)(F)F)c1cccc(C)c1C. The molecule has 0 amide bonds. The first kappa shape index (κ1) is 16.0. The van der Waals surface area contributed by atoms with E-state index in [0.717, 1.165) is 29.7 Å². The van der Waals surface area contributed by atoms with Crippen LogP contribution in [0.2, 0.25) is 0 Å². The van der Waals surface area contributed by atoms with E-state index < -0.39 is 12.6 Å². The van der Waals surface area contributed by atoms with Crippen molar-refractivity contribution in [2.24, 2.45) is 0 Å². The quantitative estimate of drug-likeness (QED) is 0.793.